The molecule has 1 amide bonds. The zero-order chi connectivity index (χ0) is 10.1. The number of hydrogen-bond donors (Lipinski definition) is 1. The van der Waals surface area contributed by atoms with Gasteiger partial charge in [0.1, 0.15) is 0 Å². The fraction of sp³-hybridized carbons (Fsp3) is 0.909. The van der Waals surface area contributed by atoms with Crippen LogP contribution in [-0.4, -0.2) is 36.0 Å². The van der Waals surface area contributed by atoms with Crippen molar-refractivity contribution in [3.63, 3.8) is 0 Å². The standard InChI is InChI=1S/C11H20N2O/c1-8-5-11(12-10-3-4-10)7-13(6-8)9(2)14/h8,10-12H,3-7H2,1-2H3. The molecule has 2 atom stereocenters. The van der Waals surface area contributed by atoms with E-state index in [1.54, 1.807) is 6.92 Å². The minimum Gasteiger partial charge on any atom is -0.341 e. The van der Waals surface area contributed by atoms with E-state index in [1.807, 2.05) is 4.90 Å². The summed E-state index contributed by atoms with van der Waals surface area (Å²) in [5, 5.41) is 3.61. The average Bonchev–Trinajstić information content (AvgIpc) is 2.87. The maximum Gasteiger partial charge on any atom is 0.219 e. The van der Waals surface area contributed by atoms with E-state index in [-0.39, 0.29) is 5.91 Å². The van der Waals surface area contributed by atoms with Gasteiger partial charge in [-0.1, -0.05) is 6.92 Å². The molecule has 0 radical (unpaired) electrons. The van der Waals surface area contributed by atoms with Crippen molar-refractivity contribution in [3.8, 4) is 0 Å². The van der Waals surface area contributed by atoms with Gasteiger partial charge in [-0.3, -0.25) is 4.79 Å². The monoisotopic (exact) mass is 196 g/mol. The first-order valence-electron chi connectivity index (χ1n) is 5.66. The highest BCUT2D eigenvalue weighted by atomic mass is 16.2. The molecule has 1 aliphatic carbocycles. The van der Waals surface area contributed by atoms with Crippen molar-refractivity contribution in [2.24, 2.45) is 5.92 Å². The first-order valence-corrected chi connectivity index (χ1v) is 5.66. The highest BCUT2D eigenvalue weighted by Gasteiger charge is 2.30. The second-order valence-corrected chi connectivity index (χ2v) is 4.90. The second-order valence-electron chi connectivity index (χ2n) is 4.90. The fourth-order valence-corrected chi connectivity index (χ4v) is 2.31. The Morgan fingerprint density at radius 2 is 2.00 bits per heavy atom. The predicted molar refractivity (Wildman–Crippen MR) is 56.0 cm³/mol. The number of likely N-dealkylation sites (tertiary alicyclic amines) is 1. The van der Waals surface area contributed by atoms with Gasteiger partial charge in [-0.05, 0) is 25.2 Å². The molecule has 3 heteroatoms. The van der Waals surface area contributed by atoms with Gasteiger partial charge in [0.2, 0.25) is 5.91 Å². The van der Waals surface area contributed by atoms with Gasteiger partial charge in [0.15, 0.2) is 0 Å². The number of nitrogens with zero attached hydrogens (tertiary/aromatic N) is 1. The Bertz CT molecular complexity index is 223. The summed E-state index contributed by atoms with van der Waals surface area (Å²) in [5.41, 5.74) is 0. The van der Waals surface area contributed by atoms with Crippen LogP contribution < -0.4 is 5.32 Å². The Labute approximate surface area is 85.8 Å². The average molecular weight is 196 g/mol. The lowest BCUT2D eigenvalue weighted by Gasteiger charge is -2.36. The molecule has 3 nitrogen and oxygen atoms in total. The number of piperidine rings is 1. The van der Waals surface area contributed by atoms with Crippen LogP contribution in [0.15, 0.2) is 0 Å². The molecular weight excluding hydrogens is 176 g/mol. The highest BCUT2D eigenvalue weighted by molar-refractivity contribution is 5.73. The topological polar surface area (TPSA) is 32.3 Å². The Hall–Kier alpha value is -0.570. The molecule has 1 aliphatic heterocycles. The Balaban J connectivity index is 1.87. The van der Waals surface area contributed by atoms with Crippen LogP contribution in [0.5, 0.6) is 0 Å². The molecule has 2 fully saturated rings. The fourth-order valence-electron chi connectivity index (χ4n) is 2.31. The smallest absolute Gasteiger partial charge is 0.219 e. The van der Waals surface area contributed by atoms with Crippen LogP contribution in [0.2, 0.25) is 0 Å². The molecule has 0 aromatic heterocycles. The van der Waals surface area contributed by atoms with Crippen LogP contribution in [0.25, 0.3) is 0 Å². The zero-order valence-electron chi connectivity index (χ0n) is 9.12. The van der Waals surface area contributed by atoms with E-state index < -0.39 is 0 Å². The summed E-state index contributed by atoms with van der Waals surface area (Å²) in [6, 6.07) is 1.29. The maximum atomic E-state index is 11.3. The molecular formula is C11H20N2O. The molecule has 1 saturated carbocycles. The number of nitrogens with one attached hydrogen (secondary N) is 1. The molecule has 2 rings (SSSR count). The summed E-state index contributed by atoms with van der Waals surface area (Å²) in [7, 11) is 0. The van der Waals surface area contributed by atoms with Crippen LogP contribution in [0, 0.1) is 5.92 Å². The summed E-state index contributed by atoms with van der Waals surface area (Å²) >= 11 is 0. The zero-order valence-corrected chi connectivity index (χ0v) is 9.12. The lowest BCUT2D eigenvalue weighted by atomic mass is 9.96. The van der Waals surface area contributed by atoms with Gasteiger partial charge in [-0.25, -0.2) is 0 Å². The maximum absolute atomic E-state index is 11.3. The first kappa shape index (κ1) is 9.97. The van der Waals surface area contributed by atoms with E-state index >= 15 is 0 Å². The SMILES string of the molecule is CC(=O)N1CC(C)CC(NC2CC2)C1. The van der Waals surface area contributed by atoms with Crippen LogP contribution >= 0.6 is 0 Å². The molecule has 80 valence electrons. The van der Waals surface area contributed by atoms with E-state index in [1.165, 1.54) is 19.3 Å². The van der Waals surface area contributed by atoms with Crippen molar-refractivity contribution in [3.05, 3.63) is 0 Å². The Morgan fingerprint density at radius 1 is 1.29 bits per heavy atom. The van der Waals surface area contributed by atoms with Gasteiger partial charge in [-0.15, -0.1) is 0 Å². The van der Waals surface area contributed by atoms with Gasteiger partial charge < -0.3 is 10.2 Å². The molecule has 2 unspecified atom stereocenters. The lowest BCUT2D eigenvalue weighted by molar-refractivity contribution is -0.131. The third-order valence-corrected chi connectivity index (χ3v) is 3.15. The molecule has 0 aromatic rings. The first-order chi connectivity index (χ1) is 6.65. The summed E-state index contributed by atoms with van der Waals surface area (Å²) in [6.45, 7) is 5.76. The summed E-state index contributed by atoms with van der Waals surface area (Å²) in [4.78, 5) is 13.3. The van der Waals surface area contributed by atoms with Gasteiger partial charge in [0, 0.05) is 32.1 Å². The second kappa shape index (κ2) is 3.89. The van der Waals surface area contributed by atoms with Gasteiger partial charge >= 0.3 is 0 Å². The predicted octanol–water partition coefficient (Wildman–Crippen LogP) is 0.995. The van der Waals surface area contributed by atoms with Crippen LogP contribution in [-0.2, 0) is 4.79 Å². The van der Waals surface area contributed by atoms with Crippen LogP contribution in [0.3, 0.4) is 0 Å². The quantitative estimate of drug-likeness (QED) is 0.714. The minimum absolute atomic E-state index is 0.221. The van der Waals surface area contributed by atoms with Gasteiger partial charge in [0.25, 0.3) is 0 Å². The van der Waals surface area contributed by atoms with Crippen molar-refractivity contribution in [2.75, 3.05) is 13.1 Å². The Morgan fingerprint density at radius 3 is 2.57 bits per heavy atom. The van der Waals surface area contributed by atoms with E-state index in [2.05, 4.69) is 12.2 Å². The van der Waals surface area contributed by atoms with E-state index in [0.29, 0.717) is 12.0 Å². The summed E-state index contributed by atoms with van der Waals surface area (Å²) in [6.07, 6.45) is 3.87. The molecule has 1 heterocycles. The molecule has 0 spiro atoms. The molecule has 2 aliphatic rings. The van der Waals surface area contributed by atoms with Crippen molar-refractivity contribution >= 4 is 5.91 Å². The van der Waals surface area contributed by atoms with Crippen LogP contribution in [0.1, 0.15) is 33.1 Å². The summed E-state index contributed by atoms with van der Waals surface area (Å²) in [5.74, 6) is 0.864. The Kier molecular flexibility index (Phi) is 2.77. The van der Waals surface area contributed by atoms with Crippen molar-refractivity contribution in [1.82, 2.24) is 10.2 Å². The number of carbonyl (C=O) groups is 1. The summed E-state index contributed by atoms with van der Waals surface area (Å²) < 4.78 is 0. The number of hydrogen-bond acceptors (Lipinski definition) is 2. The van der Waals surface area contributed by atoms with Crippen molar-refractivity contribution in [2.45, 2.75) is 45.2 Å². The van der Waals surface area contributed by atoms with Crippen molar-refractivity contribution in [1.29, 1.82) is 0 Å². The van der Waals surface area contributed by atoms with E-state index in [4.69, 9.17) is 0 Å². The third kappa shape index (κ3) is 2.47. The number of amides is 1. The normalized spacial score (nSPS) is 33.1. The molecule has 1 N–H and O–H groups in total. The molecule has 1 saturated heterocycles. The van der Waals surface area contributed by atoms with Gasteiger partial charge in [0.05, 0.1) is 0 Å². The van der Waals surface area contributed by atoms with Crippen LogP contribution in [0.4, 0.5) is 0 Å². The van der Waals surface area contributed by atoms with E-state index in [9.17, 15) is 4.79 Å². The minimum atomic E-state index is 0.221. The third-order valence-electron chi connectivity index (χ3n) is 3.15. The number of rotatable bonds is 2. The van der Waals surface area contributed by atoms with Gasteiger partial charge in [-0.2, -0.15) is 0 Å². The molecule has 14 heavy (non-hydrogen) atoms. The molecule has 0 bridgehead atoms. The molecule has 0 aromatic carbocycles. The van der Waals surface area contributed by atoms with E-state index in [0.717, 1.165) is 19.1 Å². The largest absolute Gasteiger partial charge is 0.341 e. The lowest BCUT2D eigenvalue weighted by Crippen LogP contribution is -2.50. The van der Waals surface area contributed by atoms with Crippen molar-refractivity contribution < 1.29 is 4.79 Å². The highest BCUT2D eigenvalue weighted by Crippen LogP contribution is 2.23. The number of carbonyl (C=O) groups excluding carboxylic acids is 1.